The van der Waals surface area contributed by atoms with Crippen LogP contribution >= 0.6 is 0 Å². The number of ether oxygens (including phenoxy) is 3. The molecule has 2 aromatic carbocycles. The Labute approximate surface area is 180 Å². The van der Waals surface area contributed by atoms with Gasteiger partial charge in [0.05, 0.1) is 50.5 Å². The van der Waals surface area contributed by atoms with Crippen LogP contribution in [-0.4, -0.2) is 43.0 Å². The molecule has 0 aliphatic rings. The molecule has 0 saturated heterocycles. The number of amides is 1. The molecule has 1 aromatic heterocycles. The number of aryl methyl sites for hydroxylation is 1. The van der Waals surface area contributed by atoms with E-state index in [1.807, 2.05) is 36.7 Å². The van der Waals surface area contributed by atoms with E-state index in [-0.39, 0.29) is 5.91 Å². The molecule has 0 aliphatic carbocycles. The molecule has 0 saturated carbocycles. The normalized spacial score (nSPS) is 10.5. The Morgan fingerprint density at radius 3 is 2.19 bits per heavy atom. The molecule has 0 radical (unpaired) electrons. The van der Waals surface area contributed by atoms with Crippen molar-refractivity contribution in [2.75, 3.05) is 26.6 Å². The van der Waals surface area contributed by atoms with Crippen LogP contribution in [0.1, 0.15) is 37.7 Å². The van der Waals surface area contributed by atoms with Crippen LogP contribution in [0.4, 0.5) is 5.69 Å². The third kappa shape index (κ3) is 4.69. The number of nitrogens with zero attached hydrogens (tertiary/aromatic N) is 2. The lowest BCUT2D eigenvalue weighted by Gasteiger charge is -2.11. The smallest absolute Gasteiger partial charge is 0.337 e. The van der Waals surface area contributed by atoms with Crippen LogP contribution in [0.3, 0.4) is 0 Å². The van der Waals surface area contributed by atoms with E-state index < -0.39 is 5.97 Å². The molecule has 0 spiro atoms. The highest BCUT2D eigenvalue weighted by Crippen LogP contribution is 2.28. The maximum atomic E-state index is 12.7. The fourth-order valence-electron chi connectivity index (χ4n) is 3.24. The predicted octanol–water partition coefficient (Wildman–Crippen LogP) is 3.60. The van der Waals surface area contributed by atoms with Gasteiger partial charge in [0.1, 0.15) is 0 Å². The Morgan fingerprint density at radius 1 is 0.935 bits per heavy atom. The SMILES string of the molecule is COC(=O)c1ccc(C(=O)Nc2c(C)nn(Cc3ccc(OC)c(OC)c3)c2C)cc1. The number of esters is 1. The number of hydrogen-bond donors (Lipinski definition) is 1. The van der Waals surface area contributed by atoms with Gasteiger partial charge in [0, 0.05) is 5.56 Å². The summed E-state index contributed by atoms with van der Waals surface area (Å²) >= 11 is 0. The van der Waals surface area contributed by atoms with Crippen LogP contribution in [0.2, 0.25) is 0 Å². The van der Waals surface area contributed by atoms with Crippen LogP contribution in [0.15, 0.2) is 42.5 Å². The predicted molar refractivity (Wildman–Crippen MR) is 116 cm³/mol. The van der Waals surface area contributed by atoms with E-state index in [2.05, 4.69) is 15.2 Å². The van der Waals surface area contributed by atoms with E-state index >= 15 is 0 Å². The van der Waals surface area contributed by atoms with E-state index in [0.29, 0.717) is 40.6 Å². The molecule has 1 amide bonds. The van der Waals surface area contributed by atoms with Crippen molar-refractivity contribution in [3.05, 3.63) is 70.5 Å². The Bertz CT molecular complexity index is 1100. The van der Waals surface area contributed by atoms with Gasteiger partial charge in [-0.15, -0.1) is 0 Å². The standard InChI is InChI=1S/C23H25N3O5/c1-14-21(24-22(27)17-7-9-18(10-8-17)23(28)31-5)15(2)26(25-14)13-16-6-11-19(29-3)20(12-16)30-4/h6-12H,13H2,1-5H3,(H,24,27). The van der Waals surface area contributed by atoms with Crippen LogP contribution in [-0.2, 0) is 11.3 Å². The van der Waals surface area contributed by atoms with Crippen LogP contribution < -0.4 is 14.8 Å². The largest absolute Gasteiger partial charge is 0.493 e. The lowest BCUT2D eigenvalue weighted by atomic mass is 10.1. The Kier molecular flexibility index (Phi) is 6.59. The number of benzene rings is 2. The first-order valence-electron chi connectivity index (χ1n) is 9.62. The van der Waals surface area contributed by atoms with E-state index in [0.717, 1.165) is 11.3 Å². The zero-order valence-electron chi connectivity index (χ0n) is 18.2. The second-order valence-corrected chi connectivity index (χ2v) is 6.92. The van der Waals surface area contributed by atoms with Gasteiger partial charge in [-0.2, -0.15) is 5.10 Å². The minimum Gasteiger partial charge on any atom is -0.493 e. The minimum absolute atomic E-state index is 0.284. The molecule has 3 rings (SSSR count). The molecular weight excluding hydrogens is 398 g/mol. The second-order valence-electron chi connectivity index (χ2n) is 6.92. The van der Waals surface area contributed by atoms with Gasteiger partial charge in [-0.25, -0.2) is 4.79 Å². The van der Waals surface area contributed by atoms with Crippen molar-refractivity contribution in [1.29, 1.82) is 0 Å². The summed E-state index contributed by atoms with van der Waals surface area (Å²) in [6.45, 7) is 4.25. The van der Waals surface area contributed by atoms with E-state index in [4.69, 9.17) is 9.47 Å². The van der Waals surface area contributed by atoms with Gasteiger partial charge in [0.2, 0.25) is 0 Å². The summed E-state index contributed by atoms with van der Waals surface area (Å²) in [5.41, 5.74) is 3.99. The molecule has 1 N–H and O–H groups in total. The van der Waals surface area contributed by atoms with Crippen molar-refractivity contribution < 1.29 is 23.8 Å². The van der Waals surface area contributed by atoms with Crippen LogP contribution in [0, 0.1) is 13.8 Å². The summed E-state index contributed by atoms with van der Waals surface area (Å²) in [7, 11) is 4.50. The average molecular weight is 423 g/mol. The maximum absolute atomic E-state index is 12.7. The lowest BCUT2D eigenvalue weighted by molar-refractivity contribution is 0.0600. The number of rotatable bonds is 7. The van der Waals surface area contributed by atoms with E-state index in [1.54, 1.807) is 38.5 Å². The number of methoxy groups -OCH3 is 3. The highest BCUT2D eigenvalue weighted by Gasteiger charge is 2.17. The average Bonchev–Trinajstić information content (AvgIpc) is 3.05. The quantitative estimate of drug-likeness (QED) is 0.584. The first-order chi connectivity index (χ1) is 14.9. The molecule has 0 aliphatic heterocycles. The summed E-state index contributed by atoms with van der Waals surface area (Å²) in [6.07, 6.45) is 0. The van der Waals surface area contributed by atoms with Gasteiger partial charge in [-0.3, -0.25) is 9.48 Å². The first-order valence-corrected chi connectivity index (χ1v) is 9.62. The Hall–Kier alpha value is -3.81. The van der Waals surface area contributed by atoms with Gasteiger partial charge in [-0.1, -0.05) is 6.07 Å². The van der Waals surface area contributed by atoms with Crippen molar-refractivity contribution in [3.8, 4) is 11.5 Å². The van der Waals surface area contributed by atoms with Gasteiger partial charge < -0.3 is 19.5 Å². The van der Waals surface area contributed by atoms with Crippen molar-refractivity contribution >= 4 is 17.6 Å². The number of aromatic nitrogens is 2. The highest BCUT2D eigenvalue weighted by molar-refractivity contribution is 6.05. The fourth-order valence-corrected chi connectivity index (χ4v) is 3.24. The van der Waals surface area contributed by atoms with Gasteiger partial charge >= 0.3 is 5.97 Å². The van der Waals surface area contributed by atoms with Gasteiger partial charge in [0.25, 0.3) is 5.91 Å². The fraction of sp³-hybridized carbons (Fsp3) is 0.261. The number of anilines is 1. The minimum atomic E-state index is -0.449. The van der Waals surface area contributed by atoms with Crippen LogP contribution in [0.25, 0.3) is 0 Å². The number of hydrogen-bond acceptors (Lipinski definition) is 6. The summed E-state index contributed by atoms with van der Waals surface area (Å²) in [5.74, 6) is 0.569. The third-order valence-corrected chi connectivity index (χ3v) is 4.97. The topological polar surface area (TPSA) is 91.7 Å². The summed E-state index contributed by atoms with van der Waals surface area (Å²) in [6, 6.07) is 12.0. The molecule has 3 aromatic rings. The molecule has 31 heavy (non-hydrogen) atoms. The summed E-state index contributed by atoms with van der Waals surface area (Å²) in [4.78, 5) is 24.3. The molecule has 162 valence electrons. The monoisotopic (exact) mass is 423 g/mol. The van der Waals surface area contributed by atoms with Crippen molar-refractivity contribution in [3.63, 3.8) is 0 Å². The Balaban J connectivity index is 1.78. The zero-order chi connectivity index (χ0) is 22.5. The van der Waals surface area contributed by atoms with Crippen molar-refractivity contribution in [2.45, 2.75) is 20.4 Å². The molecule has 8 heteroatoms. The number of carbonyl (C=O) groups is 2. The summed E-state index contributed by atoms with van der Waals surface area (Å²) < 4.78 is 17.1. The van der Waals surface area contributed by atoms with E-state index in [9.17, 15) is 9.59 Å². The molecular formula is C23H25N3O5. The molecule has 0 atom stereocenters. The number of carbonyl (C=O) groups excluding carboxylic acids is 2. The Morgan fingerprint density at radius 2 is 1.58 bits per heavy atom. The molecule has 1 heterocycles. The zero-order valence-corrected chi connectivity index (χ0v) is 18.2. The van der Waals surface area contributed by atoms with Crippen LogP contribution in [0.5, 0.6) is 11.5 Å². The van der Waals surface area contributed by atoms with Crippen molar-refractivity contribution in [2.24, 2.45) is 0 Å². The molecule has 8 nitrogen and oxygen atoms in total. The van der Waals surface area contributed by atoms with E-state index in [1.165, 1.54) is 7.11 Å². The molecule has 0 bridgehead atoms. The summed E-state index contributed by atoms with van der Waals surface area (Å²) in [5, 5.41) is 7.49. The second kappa shape index (κ2) is 9.34. The van der Waals surface area contributed by atoms with Gasteiger partial charge in [0.15, 0.2) is 11.5 Å². The molecule has 0 unspecified atom stereocenters. The highest BCUT2D eigenvalue weighted by atomic mass is 16.5. The maximum Gasteiger partial charge on any atom is 0.337 e. The first kappa shape index (κ1) is 21.9. The van der Waals surface area contributed by atoms with Gasteiger partial charge in [-0.05, 0) is 55.8 Å². The molecule has 0 fully saturated rings. The third-order valence-electron chi connectivity index (χ3n) is 4.97. The number of nitrogens with one attached hydrogen (secondary N) is 1. The van der Waals surface area contributed by atoms with Crippen molar-refractivity contribution in [1.82, 2.24) is 9.78 Å². The lowest BCUT2D eigenvalue weighted by Crippen LogP contribution is -2.14.